The summed E-state index contributed by atoms with van der Waals surface area (Å²) in [4.78, 5) is 34.1. The maximum atomic E-state index is 13.2. The van der Waals surface area contributed by atoms with Crippen molar-refractivity contribution in [2.24, 2.45) is 0 Å². The van der Waals surface area contributed by atoms with Gasteiger partial charge in [0.05, 0.1) is 6.42 Å². The molecule has 2 fully saturated rings. The van der Waals surface area contributed by atoms with Crippen molar-refractivity contribution in [3.05, 3.63) is 46.2 Å². The van der Waals surface area contributed by atoms with Crippen LogP contribution in [-0.2, 0) is 15.8 Å². The zero-order valence-corrected chi connectivity index (χ0v) is 17.5. The molecular weight excluding hydrogens is 435 g/mol. The van der Waals surface area contributed by atoms with Crippen molar-refractivity contribution in [2.75, 3.05) is 17.0 Å². The van der Waals surface area contributed by atoms with E-state index in [0.717, 1.165) is 29.5 Å². The molecule has 2 aromatic rings. The van der Waals surface area contributed by atoms with Gasteiger partial charge < -0.3 is 4.90 Å². The van der Waals surface area contributed by atoms with Gasteiger partial charge in [0.1, 0.15) is 11.7 Å². The number of halogens is 4. The molecule has 11 heteroatoms. The fourth-order valence-electron chi connectivity index (χ4n) is 3.52. The lowest BCUT2D eigenvalue weighted by atomic mass is 10.1. The van der Waals surface area contributed by atoms with Gasteiger partial charge >= 0.3 is 6.18 Å². The maximum Gasteiger partial charge on any atom is 0.433 e. The topological polar surface area (TPSA) is 78.4 Å². The minimum absolute atomic E-state index is 0.0600. The number of hydrogen-bond acceptors (Lipinski definition) is 5. The molecule has 1 aromatic carbocycles. The van der Waals surface area contributed by atoms with Gasteiger partial charge in [0.2, 0.25) is 11.9 Å². The number of carbonyl (C=O) groups excluding carboxylic acids is 2. The van der Waals surface area contributed by atoms with Crippen molar-refractivity contribution in [1.29, 1.82) is 0 Å². The third-order valence-electron chi connectivity index (χ3n) is 5.28. The molecule has 31 heavy (non-hydrogen) atoms. The van der Waals surface area contributed by atoms with Crippen LogP contribution in [0.3, 0.4) is 0 Å². The molecule has 1 atom stereocenters. The molecule has 4 rings (SSSR count). The quantitative estimate of drug-likeness (QED) is 0.765. The third kappa shape index (κ3) is 4.30. The first-order valence-corrected chi connectivity index (χ1v) is 10.0. The van der Waals surface area contributed by atoms with Crippen molar-refractivity contribution in [3.63, 3.8) is 0 Å². The Hall–Kier alpha value is -2.88. The lowest BCUT2D eigenvalue weighted by Gasteiger charge is -2.27. The van der Waals surface area contributed by atoms with Crippen LogP contribution in [0.5, 0.6) is 0 Å². The smallest absolute Gasteiger partial charge is 0.314 e. The molecule has 2 aliphatic rings. The first-order valence-electron chi connectivity index (χ1n) is 9.63. The zero-order valence-electron chi connectivity index (χ0n) is 16.7. The molecule has 164 valence electrons. The van der Waals surface area contributed by atoms with E-state index in [9.17, 15) is 22.8 Å². The highest BCUT2D eigenvalue weighted by molar-refractivity contribution is 6.31. The Morgan fingerprint density at radius 3 is 2.61 bits per heavy atom. The van der Waals surface area contributed by atoms with E-state index in [2.05, 4.69) is 15.4 Å². The Morgan fingerprint density at radius 2 is 1.97 bits per heavy atom. The summed E-state index contributed by atoms with van der Waals surface area (Å²) in [6, 6.07) is 4.93. The molecule has 1 aliphatic carbocycles. The number of carbonyl (C=O) groups is 2. The summed E-state index contributed by atoms with van der Waals surface area (Å²) in [5, 5.41) is 1.63. The van der Waals surface area contributed by atoms with Crippen LogP contribution in [-0.4, -0.2) is 34.9 Å². The normalized spacial score (nSPS) is 18.8. The Kier molecular flexibility index (Phi) is 5.28. The Balaban J connectivity index is 1.64. The van der Waals surface area contributed by atoms with Gasteiger partial charge in [-0.15, -0.1) is 0 Å². The summed E-state index contributed by atoms with van der Waals surface area (Å²) in [5.74, 6) is -1.02. The molecule has 0 radical (unpaired) electrons. The molecule has 1 unspecified atom stereocenters. The third-order valence-corrected chi connectivity index (χ3v) is 5.63. The molecule has 1 saturated heterocycles. The van der Waals surface area contributed by atoms with E-state index in [1.807, 2.05) is 6.07 Å². The van der Waals surface area contributed by atoms with Gasteiger partial charge in [-0.25, -0.2) is 15.0 Å². The number of amides is 2. The van der Waals surface area contributed by atoms with Gasteiger partial charge in [-0.2, -0.15) is 13.2 Å². The number of nitrogens with zero attached hydrogens (tertiary/aromatic N) is 4. The van der Waals surface area contributed by atoms with Crippen LogP contribution in [0, 0.1) is 6.92 Å². The molecule has 1 aliphatic heterocycles. The first-order chi connectivity index (χ1) is 14.5. The van der Waals surface area contributed by atoms with Crippen molar-refractivity contribution >= 4 is 35.1 Å². The number of hydrazine groups is 1. The van der Waals surface area contributed by atoms with E-state index in [-0.39, 0.29) is 18.1 Å². The highest BCUT2D eigenvalue weighted by Crippen LogP contribution is 2.44. The number of nitrogens with one attached hydrogen (secondary N) is 1. The molecular formula is C20H19ClF3N5O2. The van der Waals surface area contributed by atoms with Crippen LogP contribution < -0.4 is 15.3 Å². The largest absolute Gasteiger partial charge is 0.433 e. The number of likely N-dealkylation sites (N-methyl/N-ethyl adjacent to an activating group) is 1. The highest BCUT2D eigenvalue weighted by Gasteiger charge is 2.41. The van der Waals surface area contributed by atoms with Crippen molar-refractivity contribution in [3.8, 4) is 0 Å². The molecule has 0 spiro atoms. The number of alkyl halides is 3. The van der Waals surface area contributed by atoms with Crippen molar-refractivity contribution in [2.45, 2.75) is 44.3 Å². The van der Waals surface area contributed by atoms with E-state index >= 15 is 0 Å². The predicted molar refractivity (Wildman–Crippen MR) is 108 cm³/mol. The maximum absolute atomic E-state index is 13.2. The van der Waals surface area contributed by atoms with Gasteiger partial charge in [-0.05, 0) is 55.5 Å². The van der Waals surface area contributed by atoms with Crippen LogP contribution in [0.15, 0.2) is 24.3 Å². The fraction of sp³-hybridized carbons (Fsp3) is 0.400. The number of aromatic nitrogens is 2. The number of aryl methyl sites for hydroxylation is 1. The summed E-state index contributed by atoms with van der Waals surface area (Å²) in [5.41, 5.74) is 2.84. The fourth-order valence-corrected chi connectivity index (χ4v) is 3.79. The number of anilines is 2. The summed E-state index contributed by atoms with van der Waals surface area (Å²) < 4.78 is 39.5. The summed E-state index contributed by atoms with van der Waals surface area (Å²) in [6.07, 6.45) is -2.86. The Morgan fingerprint density at radius 1 is 1.26 bits per heavy atom. The molecule has 1 N–H and O–H groups in total. The second kappa shape index (κ2) is 7.67. The predicted octanol–water partition coefficient (Wildman–Crippen LogP) is 3.61. The Labute approximate surface area is 181 Å². The minimum atomic E-state index is -4.69. The van der Waals surface area contributed by atoms with Crippen LogP contribution in [0.1, 0.15) is 42.1 Å². The van der Waals surface area contributed by atoms with Gasteiger partial charge in [0.15, 0.2) is 0 Å². The first kappa shape index (κ1) is 21.4. The molecule has 2 amide bonds. The molecule has 1 saturated carbocycles. The lowest BCUT2D eigenvalue weighted by Crippen LogP contribution is -2.48. The highest BCUT2D eigenvalue weighted by atomic mass is 35.5. The van der Waals surface area contributed by atoms with Gasteiger partial charge in [0, 0.05) is 23.5 Å². The summed E-state index contributed by atoms with van der Waals surface area (Å²) in [6.45, 7) is 1.38. The molecule has 7 nitrogen and oxygen atoms in total. The van der Waals surface area contributed by atoms with E-state index in [1.165, 1.54) is 11.8 Å². The van der Waals surface area contributed by atoms with Crippen molar-refractivity contribution in [1.82, 2.24) is 15.4 Å². The van der Waals surface area contributed by atoms with Gasteiger partial charge in [0.25, 0.3) is 5.91 Å². The molecule has 0 bridgehead atoms. The van der Waals surface area contributed by atoms with Crippen molar-refractivity contribution < 1.29 is 22.8 Å². The standard InChI is InChI=1S/C20H19ClF3N5O2/c1-10-7-16(20(22,23)24)26-19(25-10)29-15(9-17(30)27-29)18(31)28(2)12-5-6-14(21)13(8-12)11-3-4-11/h5-8,11,15H,3-4,9H2,1-2H3,(H,27,30). The second-order valence-corrected chi connectivity index (χ2v) is 8.10. The van der Waals surface area contributed by atoms with Crippen LogP contribution in [0.2, 0.25) is 5.02 Å². The Bertz CT molecular complexity index is 1060. The summed E-state index contributed by atoms with van der Waals surface area (Å²) >= 11 is 6.26. The average molecular weight is 454 g/mol. The minimum Gasteiger partial charge on any atom is -0.314 e. The molecule has 2 heterocycles. The van der Waals surface area contributed by atoms with Gasteiger partial charge in [-0.3, -0.25) is 15.0 Å². The van der Waals surface area contributed by atoms with E-state index < -0.39 is 29.7 Å². The lowest BCUT2D eigenvalue weighted by molar-refractivity contribution is -0.141. The van der Waals surface area contributed by atoms with Crippen LogP contribution in [0.25, 0.3) is 0 Å². The summed E-state index contributed by atoms with van der Waals surface area (Å²) in [7, 11) is 1.54. The van der Waals surface area contributed by atoms with Crippen LogP contribution in [0.4, 0.5) is 24.8 Å². The monoisotopic (exact) mass is 453 g/mol. The van der Waals surface area contributed by atoms with Crippen LogP contribution >= 0.6 is 11.6 Å². The van der Waals surface area contributed by atoms with E-state index in [0.29, 0.717) is 16.6 Å². The number of rotatable bonds is 4. The number of benzene rings is 1. The van der Waals surface area contributed by atoms with E-state index in [4.69, 9.17) is 11.6 Å². The van der Waals surface area contributed by atoms with Gasteiger partial charge in [-0.1, -0.05) is 11.6 Å². The average Bonchev–Trinajstić information content (AvgIpc) is 3.47. The SMILES string of the molecule is Cc1cc(C(F)(F)F)nc(N2NC(=O)CC2C(=O)N(C)c2ccc(Cl)c(C3CC3)c2)n1. The number of hydrogen-bond donors (Lipinski definition) is 1. The second-order valence-electron chi connectivity index (χ2n) is 7.69. The molecule has 1 aromatic heterocycles. The van der Waals surface area contributed by atoms with E-state index in [1.54, 1.807) is 19.2 Å². The zero-order chi connectivity index (χ0) is 22.5.